The highest BCUT2D eigenvalue weighted by molar-refractivity contribution is 6.30. The van der Waals surface area contributed by atoms with Crippen molar-refractivity contribution in [3.8, 4) is 0 Å². The lowest BCUT2D eigenvalue weighted by Gasteiger charge is -2.24. The number of hydrogen-bond donors (Lipinski definition) is 1. The zero-order chi connectivity index (χ0) is 19.3. The second-order valence-electron chi connectivity index (χ2n) is 6.80. The van der Waals surface area contributed by atoms with Gasteiger partial charge in [0.15, 0.2) is 0 Å². The first-order valence-electron chi connectivity index (χ1n) is 9.40. The van der Waals surface area contributed by atoms with Gasteiger partial charge in [-0.15, -0.1) is 5.10 Å². The van der Waals surface area contributed by atoms with Gasteiger partial charge in [0.2, 0.25) is 5.89 Å². The predicted molar refractivity (Wildman–Crippen MR) is 108 cm³/mol. The molecule has 6 nitrogen and oxygen atoms in total. The van der Waals surface area contributed by atoms with Crippen LogP contribution in [0.2, 0.25) is 5.02 Å². The number of hydrogen-bond acceptors (Lipinski definition) is 5. The number of amides is 1. The van der Waals surface area contributed by atoms with Gasteiger partial charge >= 0.3 is 6.01 Å². The van der Waals surface area contributed by atoms with E-state index in [0.717, 1.165) is 31.5 Å². The fourth-order valence-corrected chi connectivity index (χ4v) is 3.52. The number of piperidine rings is 1. The third kappa shape index (κ3) is 4.17. The van der Waals surface area contributed by atoms with Crippen LogP contribution in [0.5, 0.6) is 0 Å². The molecule has 1 N–H and O–H groups in total. The van der Waals surface area contributed by atoms with Crippen molar-refractivity contribution < 1.29 is 9.21 Å². The fourth-order valence-electron chi connectivity index (χ4n) is 3.33. The summed E-state index contributed by atoms with van der Waals surface area (Å²) in [6.07, 6.45) is 3.45. The molecule has 0 spiro atoms. The van der Waals surface area contributed by atoms with E-state index < -0.39 is 6.04 Å². The first-order chi connectivity index (χ1) is 13.7. The zero-order valence-electron chi connectivity index (χ0n) is 15.3. The molecule has 28 heavy (non-hydrogen) atoms. The minimum absolute atomic E-state index is 0.255. The maximum Gasteiger partial charge on any atom is 0.318 e. The van der Waals surface area contributed by atoms with E-state index in [9.17, 15) is 4.79 Å². The van der Waals surface area contributed by atoms with Gasteiger partial charge in [0.05, 0.1) is 0 Å². The molecule has 1 aliphatic heterocycles. The summed E-state index contributed by atoms with van der Waals surface area (Å²) in [6.45, 7) is 1.82. The lowest BCUT2D eigenvalue weighted by molar-refractivity contribution is 0.0938. The van der Waals surface area contributed by atoms with Crippen LogP contribution in [-0.4, -0.2) is 29.2 Å². The second kappa shape index (κ2) is 8.44. The van der Waals surface area contributed by atoms with Crippen molar-refractivity contribution in [3.05, 3.63) is 76.6 Å². The summed E-state index contributed by atoms with van der Waals surface area (Å²) in [4.78, 5) is 14.9. The average molecular weight is 397 g/mol. The Kier molecular flexibility index (Phi) is 5.58. The summed E-state index contributed by atoms with van der Waals surface area (Å²) in [5.41, 5.74) is 1.34. The third-order valence-electron chi connectivity index (χ3n) is 4.80. The smallest absolute Gasteiger partial charge is 0.318 e. The third-order valence-corrected chi connectivity index (χ3v) is 5.03. The van der Waals surface area contributed by atoms with Crippen molar-refractivity contribution in [1.82, 2.24) is 15.5 Å². The summed E-state index contributed by atoms with van der Waals surface area (Å²) in [7, 11) is 0. The first-order valence-corrected chi connectivity index (χ1v) is 9.78. The van der Waals surface area contributed by atoms with Crippen LogP contribution in [0, 0.1) is 0 Å². The van der Waals surface area contributed by atoms with E-state index in [0.29, 0.717) is 22.5 Å². The second-order valence-corrected chi connectivity index (χ2v) is 7.23. The van der Waals surface area contributed by atoms with Crippen LogP contribution in [0.3, 0.4) is 0 Å². The minimum Gasteiger partial charge on any atom is -0.405 e. The van der Waals surface area contributed by atoms with Crippen molar-refractivity contribution in [3.63, 3.8) is 0 Å². The first kappa shape index (κ1) is 18.5. The zero-order valence-corrected chi connectivity index (χ0v) is 16.1. The monoisotopic (exact) mass is 396 g/mol. The van der Waals surface area contributed by atoms with Crippen LogP contribution in [0.4, 0.5) is 6.01 Å². The Morgan fingerprint density at radius 2 is 1.82 bits per heavy atom. The summed E-state index contributed by atoms with van der Waals surface area (Å²) in [6, 6.07) is 16.4. The number of halogens is 1. The molecule has 0 saturated carbocycles. The average Bonchev–Trinajstić information content (AvgIpc) is 3.23. The van der Waals surface area contributed by atoms with Crippen LogP contribution >= 0.6 is 11.6 Å². The maximum atomic E-state index is 12.8. The largest absolute Gasteiger partial charge is 0.405 e. The molecule has 1 amide bonds. The molecule has 0 bridgehead atoms. The molecule has 1 fully saturated rings. The van der Waals surface area contributed by atoms with Gasteiger partial charge in [-0.1, -0.05) is 53.1 Å². The Balaban J connectivity index is 1.61. The van der Waals surface area contributed by atoms with Gasteiger partial charge in [-0.3, -0.25) is 4.79 Å². The topological polar surface area (TPSA) is 71.3 Å². The van der Waals surface area contributed by atoms with Gasteiger partial charge in [-0.05, 0) is 43.0 Å². The van der Waals surface area contributed by atoms with Crippen LogP contribution in [0.15, 0.2) is 59.0 Å². The number of carbonyl (C=O) groups is 1. The van der Waals surface area contributed by atoms with E-state index in [1.165, 1.54) is 6.42 Å². The Morgan fingerprint density at radius 1 is 1.04 bits per heavy atom. The Morgan fingerprint density at radius 3 is 2.57 bits per heavy atom. The number of rotatable bonds is 5. The van der Waals surface area contributed by atoms with Gasteiger partial charge in [-0.25, -0.2) is 0 Å². The molecular weight excluding hydrogens is 376 g/mol. The van der Waals surface area contributed by atoms with Crippen LogP contribution in [-0.2, 0) is 0 Å². The predicted octanol–water partition coefficient (Wildman–Crippen LogP) is 4.23. The Bertz CT molecular complexity index is 938. The minimum atomic E-state index is -0.543. The molecule has 3 aromatic rings. The molecule has 2 aromatic carbocycles. The van der Waals surface area contributed by atoms with Crippen LogP contribution < -0.4 is 10.2 Å². The SMILES string of the molecule is O=C(NC(c1ccccc1)c1nnc(N2CCCCC2)o1)c1cccc(Cl)c1. The number of benzene rings is 2. The van der Waals surface area contributed by atoms with Crippen molar-refractivity contribution in [2.45, 2.75) is 25.3 Å². The maximum absolute atomic E-state index is 12.8. The summed E-state index contributed by atoms with van der Waals surface area (Å²) < 4.78 is 5.96. The van der Waals surface area contributed by atoms with Gasteiger partial charge in [0, 0.05) is 23.7 Å². The molecule has 0 aliphatic carbocycles. The van der Waals surface area contributed by atoms with Crippen molar-refractivity contribution >= 4 is 23.5 Å². The highest BCUT2D eigenvalue weighted by Crippen LogP contribution is 2.26. The summed E-state index contributed by atoms with van der Waals surface area (Å²) in [5.74, 6) is 0.108. The lowest BCUT2D eigenvalue weighted by atomic mass is 10.1. The standard InChI is InChI=1S/C21H21ClN4O2/c22-17-11-7-10-16(14-17)19(27)23-18(15-8-3-1-4-9-15)20-24-25-21(28-20)26-12-5-2-6-13-26/h1,3-4,7-11,14,18H,2,5-6,12-13H2,(H,23,27). The number of aromatic nitrogens is 2. The van der Waals surface area contributed by atoms with E-state index in [2.05, 4.69) is 20.4 Å². The van der Waals surface area contributed by atoms with Gasteiger partial charge in [0.25, 0.3) is 5.91 Å². The van der Waals surface area contributed by atoms with Gasteiger partial charge < -0.3 is 14.6 Å². The quantitative estimate of drug-likeness (QED) is 0.698. The molecular formula is C21H21ClN4O2. The number of nitrogens with zero attached hydrogens (tertiary/aromatic N) is 3. The molecule has 1 aromatic heterocycles. The van der Waals surface area contributed by atoms with Gasteiger partial charge in [-0.2, -0.15) is 0 Å². The fraction of sp³-hybridized carbons (Fsp3) is 0.286. The van der Waals surface area contributed by atoms with E-state index in [-0.39, 0.29) is 5.91 Å². The van der Waals surface area contributed by atoms with Crippen molar-refractivity contribution in [1.29, 1.82) is 0 Å². The van der Waals surface area contributed by atoms with Crippen molar-refractivity contribution in [2.75, 3.05) is 18.0 Å². The highest BCUT2D eigenvalue weighted by atomic mass is 35.5. The lowest BCUT2D eigenvalue weighted by Crippen LogP contribution is -2.30. The molecule has 1 aliphatic rings. The van der Waals surface area contributed by atoms with Gasteiger partial charge in [0.1, 0.15) is 6.04 Å². The van der Waals surface area contributed by atoms with E-state index >= 15 is 0 Å². The molecule has 1 saturated heterocycles. The Labute approximate surface area is 168 Å². The molecule has 0 radical (unpaired) electrons. The van der Waals surface area contributed by atoms with E-state index in [1.54, 1.807) is 24.3 Å². The molecule has 7 heteroatoms. The van der Waals surface area contributed by atoms with Crippen LogP contribution in [0.1, 0.15) is 47.1 Å². The molecule has 1 atom stereocenters. The van der Waals surface area contributed by atoms with Crippen molar-refractivity contribution in [2.24, 2.45) is 0 Å². The molecule has 1 unspecified atom stereocenters. The molecule has 2 heterocycles. The van der Waals surface area contributed by atoms with E-state index in [4.69, 9.17) is 16.0 Å². The summed E-state index contributed by atoms with van der Waals surface area (Å²) >= 11 is 6.02. The highest BCUT2D eigenvalue weighted by Gasteiger charge is 2.25. The number of carbonyl (C=O) groups excluding carboxylic acids is 1. The Hall–Kier alpha value is -2.86. The number of nitrogens with one attached hydrogen (secondary N) is 1. The normalized spacial score (nSPS) is 15.2. The number of anilines is 1. The van der Waals surface area contributed by atoms with Crippen LogP contribution in [0.25, 0.3) is 0 Å². The van der Waals surface area contributed by atoms with E-state index in [1.807, 2.05) is 30.3 Å². The summed E-state index contributed by atoms with van der Waals surface area (Å²) in [5, 5.41) is 12.0. The molecule has 4 rings (SSSR count). The molecule has 144 valence electrons.